The van der Waals surface area contributed by atoms with Gasteiger partial charge in [0, 0.05) is 6.07 Å². The van der Waals surface area contributed by atoms with E-state index >= 15 is 0 Å². The van der Waals surface area contributed by atoms with Gasteiger partial charge in [-0.1, -0.05) is 54.6 Å². The molecule has 0 aliphatic rings. The van der Waals surface area contributed by atoms with E-state index in [1.165, 1.54) is 12.1 Å². The smallest absolute Gasteiger partial charge is 0.171 e. The molecule has 2 N–H and O–H groups in total. The molecule has 132 valence electrons. The van der Waals surface area contributed by atoms with E-state index in [0.717, 1.165) is 22.8 Å². The maximum atomic E-state index is 13.9. The number of rotatable bonds is 4. The van der Waals surface area contributed by atoms with Gasteiger partial charge < -0.3 is 10.6 Å². The second kappa shape index (κ2) is 8.06. The van der Waals surface area contributed by atoms with Crippen molar-refractivity contribution >= 4 is 23.0 Å². The Kier molecular flexibility index (Phi) is 5.58. The lowest BCUT2D eigenvalue weighted by atomic mass is 9.95. The van der Waals surface area contributed by atoms with Gasteiger partial charge in [-0.25, -0.2) is 8.78 Å². The summed E-state index contributed by atoms with van der Waals surface area (Å²) in [5.74, 6) is -1.32. The first-order valence-electron chi connectivity index (χ1n) is 8.17. The van der Waals surface area contributed by atoms with Gasteiger partial charge in [0.1, 0.15) is 11.6 Å². The Hall–Kier alpha value is -2.79. The van der Waals surface area contributed by atoms with Gasteiger partial charge in [0.15, 0.2) is 5.11 Å². The topological polar surface area (TPSA) is 24.1 Å². The molecule has 0 spiro atoms. The van der Waals surface area contributed by atoms with E-state index in [9.17, 15) is 8.78 Å². The summed E-state index contributed by atoms with van der Waals surface area (Å²) in [6, 6.07) is 21.0. The first kappa shape index (κ1) is 18.0. The zero-order chi connectivity index (χ0) is 18.5. The highest BCUT2D eigenvalue weighted by atomic mass is 32.1. The first-order chi connectivity index (χ1) is 12.5. The Morgan fingerprint density at radius 1 is 0.923 bits per heavy atom. The standard InChI is InChI=1S/C21H18F2N2S/c1-14-7-5-6-10-17(14)20(15-8-3-2-4-9-15)25-21(26)24-19-12-11-16(22)13-18(19)23/h2-13,20H,1H3,(H2,24,25,26). The van der Waals surface area contributed by atoms with Crippen molar-refractivity contribution in [2.75, 3.05) is 5.32 Å². The van der Waals surface area contributed by atoms with Gasteiger partial charge in [-0.3, -0.25) is 0 Å². The number of nitrogens with one attached hydrogen (secondary N) is 2. The third-order valence-corrected chi connectivity index (χ3v) is 4.31. The Labute approximate surface area is 156 Å². The number of aryl methyl sites for hydroxylation is 1. The molecule has 1 unspecified atom stereocenters. The van der Waals surface area contributed by atoms with E-state index in [1.54, 1.807) is 0 Å². The second-order valence-corrected chi connectivity index (χ2v) is 6.33. The predicted octanol–water partition coefficient (Wildman–Crippen LogP) is 5.35. The SMILES string of the molecule is Cc1ccccc1C(NC(=S)Nc1ccc(F)cc1F)c1ccccc1. The summed E-state index contributed by atoms with van der Waals surface area (Å²) in [5, 5.41) is 6.30. The maximum absolute atomic E-state index is 13.9. The minimum absolute atomic E-state index is 0.125. The second-order valence-electron chi connectivity index (χ2n) is 5.92. The number of halogens is 2. The van der Waals surface area contributed by atoms with Crippen LogP contribution in [0.1, 0.15) is 22.7 Å². The van der Waals surface area contributed by atoms with Gasteiger partial charge in [0.05, 0.1) is 11.7 Å². The van der Waals surface area contributed by atoms with E-state index in [2.05, 4.69) is 10.6 Å². The molecule has 0 saturated carbocycles. The summed E-state index contributed by atoms with van der Waals surface area (Å²) in [7, 11) is 0. The third-order valence-electron chi connectivity index (χ3n) is 4.09. The number of hydrogen-bond donors (Lipinski definition) is 2. The van der Waals surface area contributed by atoms with E-state index in [0.29, 0.717) is 0 Å². The number of benzene rings is 3. The lowest BCUT2D eigenvalue weighted by Gasteiger charge is -2.23. The lowest BCUT2D eigenvalue weighted by molar-refractivity contribution is 0.586. The van der Waals surface area contributed by atoms with Crippen LogP contribution in [0.5, 0.6) is 0 Å². The molecule has 0 aliphatic heterocycles. The van der Waals surface area contributed by atoms with E-state index in [-0.39, 0.29) is 16.8 Å². The molecule has 0 fully saturated rings. The van der Waals surface area contributed by atoms with Crippen molar-refractivity contribution in [3.05, 3.63) is 101 Å². The summed E-state index contributed by atoms with van der Waals surface area (Å²) >= 11 is 5.37. The fraction of sp³-hybridized carbons (Fsp3) is 0.0952. The van der Waals surface area contributed by atoms with Crippen LogP contribution in [0, 0.1) is 18.6 Å². The molecule has 3 rings (SSSR count). The van der Waals surface area contributed by atoms with Gasteiger partial charge in [-0.15, -0.1) is 0 Å². The van der Waals surface area contributed by atoms with Crippen LogP contribution in [0.3, 0.4) is 0 Å². The van der Waals surface area contributed by atoms with Crippen LogP contribution in [-0.2, 0) is 0 Å². The van der Waals surface area contributed by atoms with E-state index in [1.807, 2.05) is 61.5 Å². The molecule has 3 aromatic rings. The van der Waals surface area contributed by atoms with Crippen LogP contribution in [0.25, 0.3) is 0 Å². The van der Waals surface area contributed by atoms with Crippen molar-refractivity contribution in [1.82, 2.24) is 5.32 Å². The molecule has 0 aromatic heterocycles. The molecule has 1 atom stereocenters. The summed E-state index contributed by atoms with van der Waals surface area (Å²) in [6.07, 6.45) is 0. The average Bonchev–Trinajstić information content (AvgIpc) is 2.63. The Morgan fingerprint density at radius 3 is 2.31 bits per heavy atom. The molecular formula is C21H18F2N2S. The molecule has 2 nitrogen and oxygen atoms in total. The monoisotopic (exact) mass is 368 g/mol. The fourth-order valence-electron chi connectivity index (χ4n) is 2.78. The Morgan fingerprint density at radius 2 is 1.62 bits per heavy atom. The van der Waals surface area contributed by atoms with Gasteiger partial charge in [-0.2, -0.15) is 0 Å². The molecule has 0 bridgehead atoms. The molecular weight excluding hydrogens is 350 g/mol. The molecule has 0 amide bonds. The predicted molar refractivity (Wildman–Crippen MR) is 105 cm³/mol. The number of hydrogen-bond acceptors (Lipinski definition) is 1. The van der Waals surface area contributed by atoms with Crippen LogP contribution in [0.4, 0.5) is 14.5 Å². The summed E-state index contributed by atoms with van der Waals surface area (Å²) in [5.41, 5.74) is 3.35. The summed E-state index contributed by atoms with van der Waals surface area (Å²) in [4.78, 5) is 0. The fourth-order valence-corrected chi connectivity index (χ4v) is 3.00. The summed E-state index contributed by atoms with van der Waals surface area (Å²) in [6.45, 7) is 2.03. The molecule has 0 heterocycles. The van der Waals surface area contributed by atoms with Crippen LogP contribution in [0.2, 0.25) is 0 Å². The maximum Gasteiger partial charge on any atom is 0.171 e. The van der Waals surface area contributed by atoms with Crippen molar-refractivity contribution < 1.29 is 8.78 Å². The van der Waals surface area contributed by atoms with Crippen LogP contribution < -0.4 is 10.6 Å². The van der Waals surface area contributed by atoms with Crippen molar-refractivity contribution in [2.24, 2.45) is 0 Å². The minimum atomic E-state index is -0.693. The molecule has 3 aromatic carbocycles. The molecule has 0 radical (unpaired) electrons. The van der Waals surface area contributed by atoms with Crippen molar-refractivity contribution in [3.63, 3.8) is 0 Å². The first-order valence-corrected chi connectivity index (χ1v) is 8.58. The lowest BCUT2D eigenvalue weighted by Crippen LogP contribution is -2.33. The zero-order valence-electron chi connectivity index (χ0n) is 14.2. The van der Waals surface area contributed by atoms with Crippen LogP contribution in [-0.4, -0.2) is 5.11 Å². The van der Waals surface area contributed by atoms with E-state index < -0.39 is 11.6 Å². The Bertz CT molecular complexity index is 913. The van der Waals surface area contributed by atoms with Crippen molar-refractivity contribution in [3.8, 4) is 0 Å². The highest BCUT2D eigenvalue weighted by Gasteiger charge is 2.17. The molecule has 0 aliphatic carbocycles. The molecule has 5 heteroatoms. The average molecular weight is 368 g/mol. The number of thiocarbonyl (C=S) groups is 1. The van der Waals surface area contributed by atoms with Crippen LogP contribution in [0.15, 0.2) is 72.8 Å². The normalized spacial score (nSPS) is 11.7. The largest absolute Gasteiger partial charge is 0.352 e. The third kappa shape index (κ3) is 4.24. The van der Waals surface area contributed by atoms with Crippen LogP contribution >= 0.6 is 12.2 Å². The van der Waals surface area contributed by atoms with E-state index in [4.69, 9.17) is 12.2 Å². The Balaban J connectivity index is 1.86. The highest BCUT2D eigenvalue weighted by molar-refractivity contribution is 7.80. The quantitative estimate of drug-likeness (QED) is 0.607. The summed E-state index contributed by atoms with van der Waals surface area (Å²) < 4.78 is 26.9. The van der Waals surface area contributed by atoms with Crippen molar-refractivity contribution in [1.29, 1.82) is 0 Å². The van der Waals surface area contributed by atoms with Gasteiger partial charge in [-0.05, 0) is 48.0 Å². The van der Waals surface area contributed by atoms with Gasteiger partial charge in [0.2, 0.25) is 0 Å². The van der Waals surface area contributed by atoms with Gasteiger partial charge in [0.25, 0.3) is 0 Å². The van der Waals surface area contributed by atoms with Gasteiger partial charge >= 0.3 is 0 Å². The molecule has 26 heavy (non-hydrogen) atoms. The molecule has 0 saturated heterocycles. The number of anilines is 1. The minimum Gasteiger partial charge on any atom is -0.352 e. The highest BCUT2D eigenvalue weighted by Crippen LogP contribution is 2.25. The zero-order valence-corrected chi connectivity index (χ0v) is 15.0. The van der Waals surface area contributed by atoms with Crippen molar-refractivity contribution in [2.45, 2.75) is 13.0 Å².